The van der Waals surface area contributed by atoms with Crippen LogP contribution in [-0.2, 0) is 9.59 Å². The van der Waals surface area contributed by atoms with E-state index in [4.69, 9.17) is 0 Å². The highest BCUT2D eigenvalue weighted by molar-refractivity contribution is 5.79. The van der Waals surface area contributed by atoms with E-state index in [-0.39, 0.29) is 5.91 Å². The van der Waals surface area contributed by atoms with Crippen molar-refractivity contribution in [1.82, 2.24) is 10.2 Å². The van der Waals surface area contributed by atoms with E-state index in [1.54, 1.807) is 0 Å². The van der Waals surface area contributed by atoms with Gasteiger partial charge in [-0.2, -0.15) is 0 Å². The maximum Gasteiger partial charge on any atom is 0.324 e. The van der Waals surface area contributed by atoms with Gasteiger partial charge in [0.25, 0.3) is 0 Å². The van der Waals surface area contributed by atoms with Crippen LogP contribution in [-0.4, -0.2) is 47.1 Å². The third-order valence-electron chi connectivity index (χ3n) is 3.36. The van der Waals surface area contributed by atoms with Gasteiger partial charge in [0.2, 0.25) is 5.91 Å². The van der Waals surface area contributed by atoms with Crippen molar-refractivity contribution in [3.63, 3.8) is 0 Å². The minimum atomic E-state index is -0.740. The Labute approximate surface area is 95.8 Å². The van der Waals surface area contributed by atoms with Gasteiger partial charge in [-0.25, -0.2) is 0 Å². The molecule has 92 valence electrons. The zero-order chi connectivity index (χ0) is 12.2. The molecule has 0 aromatic heterocycles. The topological polar surface area (TPSA) is 69.6 Å². The molecule has 1 rings (SSSR count). The molecule has 5 heteroatoms. The Hall–Kier alpha value is -1.10. The van der Waals surface area contributed by atoms with Crippen molar-refractivity contribution in [1.29, 1.82) is 0 Å². The summed E-state index contributed by atoms with van der Waals surface area (Å²) in [6.07, 6.45) is 2.24. The molecule has 1 fully saturated rings. The van der Waals surface area contributed by atoms with Crippen LogP contribution < -0.4 is 5.32 Å². The Kier molecular flexibility index (Phi) is 4.29. The predicted octanol–water partition coefficient (Wildman–Crippen LogP) is 0.452. The lowest BCUT2D eigenvalue weighted by atomic mass is 9.93. The average molecular weight is 228 g/mol. The third kappa shape index (κ3) is 2.52. The number of nitrogens with zero attached hydrogens (tertiary/aromatic N) is 1. The maximum absolute atomic E-state index is 11.3. The minimum Gasteiger partial charge on any atom is -0.480 e. The van der Waals surface area contributed by atoms with Crippen LogP contribution >= 0.6 is 0 Å². The lowest BCUT2D eigenvalue weighted by Gasteiger charge is -2.33. The third-order valence-corrected chi connectivity index (χ3v) is 3.36. The summed E-state index contributed by atoms with van der Waals surface area (Å²) < 4.78 is 0. The summed E-state index contributed by atoms with van der Waals surface area (Å²) in [5.74, 6) is -0.813. The van der Waals surface area contributed by atoms with Gasteiger partial charge in [-0.1, -0.05) is 6.92 Å². The predicted molar refractivity (Wildman–Crippen MR) is 60.1 cm³/mol. The molecule has 1 atom stereocenters. The summed E-state index contributed by atoms with van der Waals surface area (Å²) in [7, 11) is 0. The molecule has 0 bridgehead atoms. The molecular weight excluding hydrogens is 208 g/mol. The van der Waals surface area contributed by atoms with E-state index in [1.807, 2.05) is 11.8 Å². The van der Waals surface area contributed by atoms with Crippen LogP contribution in [0.5, 0.6) is 0 Å². The number of carboxylic acids is 1. The van der Waals surface area contributed by atoms with Gasteiger partial charge in [0, 0.05) is 20.0 Å². The second kappa shape index (κ2) is 5.30. The molecule has 1 heterocycles. The molecule has 0 aromatic rings. The summed E-state index contributed by atoms with van der Waals surface area (Å²) in [5.41, 5.74) is -0.710. The first kappa shape index (κ1) is 13.0. The number of carboxylic acid groups (broad SMARTS) is 1. The number of nitrogens with one attached hydrogen (secondary N) is 1. The van der Waals surface area contributed by atoms with Crippen molar-refractivity contribution in [3.05, 3.63) is 0 Å². The Morgan fingerprint density at radius 2 is 2.19 bits per heavy atom. The van der Waals surface area contributed by atoms with E-state index in [0.717, 1.165) is 13.0 Å². The van der Waals surface area contributed by atoms with Crippen molar-refractivity contribution < 1.29 is 14.7 Å². The fourth-order valence-electron chi connectivity index (χ4n) is 2.42. The van der Waals surface area contributed by atoms with Crippen molar-refractivity contribution in [2.75, 3.05) is 19.6 Å². The second-order valence-electron chi connectivity index (χ2n) is 4.26. The van der Waals surface area contributed by atoms with Crippen molar-refractivity contribution in [3.8, 4) is 0 Å². The molecule has 1 aliphatic rings. The van der Waals surface area contributed by atoms with Gasteiger partial charge in [0.1, 0.15) is 5.54 Å². The molecular formula is C11H20N2O3. The number of hydrogen-bond donors (Lipinski definition) is 2. The van der Waals surface area contributed by atoms with Gasteiger partial charge in [0.05, 0.1) is 0 Å². The van der Waals surface area contributed by atoms with Gasteiger partial charge in [-0.3, -0.25) is 14.5 Å². The Bertz CT molecular complexity index is 280. The molecule has 2 N–H and O–H groups in total. The summed E-state index contributed by atoms with van der Waals surface area (Å²) >= 11 is 0. The summed E-state index contributed by atoms with van der Waals surface area (Å²) in [4.78, 5) is 24.0. The first-order chi connectivity index (χ1) is 7.53. The first-order valence-corrected chi connectivity index (χ1v) is 5.76. The highest BCUT2D eigenvalue weighted by atomic mass is 16.4. The monoisotopic (exact) mass is 228 g/mol. The summed E-state index contributed by atoms with van der Waals surface area (Å²) in [6, 6.07) is 0. The van der Waals surface area contributed by atoms with Crippen LogP contribution in [0.25, 0.3) is 0 Å². The Morgan fingerprint density at radius 3 is 2.69 bits per heavy atom. The second-order valence-corrected chi connectivity index (χ2v) is 4.26. The van der Waals surface area contributed by atoms with Gasteiger partial charge in [0.15, 0.2) is 0 Å². The van der Waals surface area contributed by atoms with E-state index in [0.29, 0.717) is 25.9 Å². The van der Waals surface area contributed by atoms with Crippen molar-refractivity contribution in [2.24, 2.45) is 0 Å². The number of carbonyl (C=O) groups is 2. The fraction of sp³-hybridized carbons (Fsp3) is 0.818. The van der Waals surface area contributed by atoms with Gasteiger partial charge < -0.3 is 10.4 Å². The SMILES string of the molecule is CCC1(C(=O)O)CCCN1CCNC(C)=O. The number of likely N-dealkylation sites (tertiary alicyclic amines) is 1. The van der Waals surface area contributed by atoms with Crippen LogP contribution in [0.1, 0.15) is 33.1 Å². The average Bonchev–Trinajstić information content (AvgIpc) is 2.61. The van der Waals surface area contributed by atoms with E-state index < -0.39 is 11.5 Å². The molecule has 1 aliphatic heterocycles. The number of aliphatic carboxylic acids is 1. The minimum absolute atomic E-state index is 0.0726. The summed E-state index contributed by atoms with van der Waals surface area (Å²) in [5, 5.41) is 12.0. The van der Waals surface area contributed by atoms with Crippen LogP contribution in [0, 0.1) is 0 Å². The molecule has 0 aliphatic carbocycles. The number of hydrogen-bond acceptors (Lipinski definition) is 3. The quantitative estimate of drug-likeness (QED) is 0.717. The van der Waals surface area contributed by atoms with Gasteiger partial charge in [-0.05, 0) is 25.8 Å². The van der Waals surface area contributed by atoms with Crippen LogP contribution in [0.2, 0.25) is 0 Å². The zero-order valence-corrected chi connectivity index (χ0v) is 9.95. The molecule has 1 amide bonds. The highest BCUT2D eigenvalue weighted by Gasteiger charge is 2.45. The first-order valence-electron chi connectivity index (χ1n) is 5.76. The molecule has 0 radical (unpaired) electrons. The summed E-state index contributed by atoms with van der Waals surface area (Å²) in [6.45, 7) is 5.31. The normalized spacial score (nSPS) is 25.6. The number of rotatable bonds is 5. The molecule has 0 saturated carbocycles. The lowest BCUT2D eigenvalue weighted by molar-refractivity contribution is -0.149. The molecule has 5 nitrogen and oxygen atoms in total. The fourth-order valence-corrected chi connectivity index (χ4v) is 2.42. The zero-order valence-electron chi connectivity index (χ0n) is 9.95. The standard InChI is InChI=1S/C11H20N2O3/c1-3-11(10(15)16)5-4-7-13(11)8-6-12-9(2)14/h3-8H2,1-2H3,(H,12,14)(H,15,16). The van der Waals surface area contributed by atoms with Gasteiger partial charge in [-0.15, -0.1) is 0 Å². The number of carbonyl (C=O) groups excluding carboxylic acids is 1. The number of amides is 1. The maximum atomic E-state index is 11.3. The van der Waals surface area contributed by atoms with E-state index in [9.17, 15) is 14.7 Å². The van der Waals surface area contributed by atoms with Crippen molar-refractivity contribution >= 4 is 11.9 Å². The molecule has 0 aromatic carbocycles. The Morgan fingerprint density at radius 1 is 1.50 bits per heavy atom. The lowest BCUT2D eigenvalue weighted by Crippen LogP contribution is -2.52. The molecule has 0 spiro atoms. The molecule has 16 heavy (non-hydrogen) atoms. The van der Waals surface area contributed by atoms with E-state index in [2.05, 4.69) is 5.32 Å². The molecule has 1 saturated heterocycles. The highest BCUT2D eigenvalue weighted by Crippen LogP contribution is 2.32. The van der Waals surface area contributed by atoms with E-state index >= 15 is 0 Å². The smallest absolute Gasteiger partial charge is 0.324 e. The van der Waals surface area contributed by atoms with Gasteiger partial charge >= 0.3 is 5.97 Å². The Balaban J connectivity index is 2.57. The van der Waals surface area contributed by atoms with Crippen LogP contribution in [0.15, 0.2) is 0 Å². The van der Waals surface area contributed by atoms with Crippen LogP contribution in [0.4, 0.5) is 0 Å². The van der Waals surface area contributed by atoms with E-state index in [1.165, 1.54) is 6.92 Å². The van der Waals surface area contributed by atoms with Crippen molar-refractivity contribution in [2.45, 2.75) is 38.6 Å². The molecule has 1 unspecified atom stereocenters. The largest absolute Gasteiger partial charge is 0.480 e. The van der Waals surface area contributed by atoms with Crippen LogP contribution in [0.3, 0.4) is 0 Å².